The van der Waals surface area contributed by atoms with Crippen molar-refractivity contribution >= 4 is 34.8 Å². The second kappa shape index (κ2) is 8.10. The quantitative estimate of drug-likeness (QED) is 0.462. The molecule has 0 unspecified atom stereocenters. The fourth-order valence-corrected chi connectivity index (χ4v) is 3.09. The smallest absolute Gasteiger partial charge is 0.342 e. The Morgan fingerprint density at radius 2 is 1.96 bits per heavy atom. The number of hydrogen-bond acceptors (Lipinski definition) is 4. The lowest BCUT2D eigenvalue weighted by molar-refractivity contribution is -0.131. The topological polar surface area (TPSA) is 75.2 Å². The molecule has 3 rings (SSSR count). The van der Waals surface area contributed by atoms with Crippen LogP contribution < -0.4 is 4.74 Å². The number of benzene rings is 2. The van der Waals surface area contributed by atoms with Crippen molar-refractivity contribution in [1.82, 2.24) is 9.97 Å². The van der Waals surface area contributed by atoms with Gasteiger partial charge in [-0.25, -0.2) is 9.78 Å². The maximum absolute atomic E-state index is 11.6. The number of carboxylic acids is 1. The minimum Gasteiger partial charge on any atom is -0.493 e. The monoisotopic (exact) mass is 368 g/mol. The van der Waals surface area contributed by atoms with Crippen LogP contribution in [0.3, 0.4) is 0 Å². The van der Waals surface area contributed by atoms with E-state index in [4.69, 9.17) is 4.74 Å². The zero-order valence-electron chi connectivity index (χ0n) is 14.6. The molecule has 0 aliphatic rings. The van der Waals surface area contributed by atoms with Crippen LogP contribution in [0.2, 0.25) is 0 Å². The summed E-state index contributed by atoms with van der Waals surface area (Å²) in [6, 6.07) is 15.0. The van der Waals surface area contributed by atoms with E-state index in [9.17, 15) is 9.90 Å². The molecule has 6 heteroatoms. The highest BCUT2D eigenvalue weighted by Crippen LogP contribution is 2.28. The van der Waals surface area contributed by atoms with Crippen LogP contribution in [0, 0.1) is 5.92 Å². The Labute approximate surface area is 156 Å². The van der Waals surface area contributed by atoms with Gasteiger partial charge in [-0.2, -0.15) is 0 Å². The molecule has 0 spiro atoms. The molecule has 26 heavy (non-hydrogen) atoms. The van der Waals surface area contributed by atoms with Gasteiger partial charge in [-0.3, -0.25) is 0 Å². The normalized spacial score (nSPS) is 11.9. The van der Waals surface area contributed by atoms with Gasteiger partial charge in [-0.05, 0) is 53.6 Å². The summed E-state index contributed by atoms with van der Waals surface area (Å²) in [6.07, 6.45) is 1.63. The summed E-state index contributed by atoms with van der Waals surface area (Å²) in [5, 5.41) is 10.1. The fourth-order valence-electron chi connectivity index (χ4n) is 2.29. The Bertz CT molecular complexity index is 897. The third kappa shape index (κ3) is 4.67. The van der Waals surface area contributed by atoms with Crippen molar-refractivity contribution in [1.29, 1.82) is 0 Å². The van der Waals surface area contributed by atoms with Gasteiger partial charge in [0.05, 0.1) is 17.6 Å². The van der Waals surface area contributed by atoms with E-state index in [0.717, 1.165) is 34.1 Å². The summed E-state index contributed by atoms with van der Waals surface area (Å²) >= 11 is 1.10. The predicted octanol–water partition coefficient (Wildman–Crippen LogP) is 4.82. The van der Waals surface area contributed by atoms with Crippen LogP contribution in [-0.2, 0) is 4.79 Å². The first-order chi connectivity index (χ1) is 12.5. The summed E-state index contributed by atoms with van der Waals surface area (Å²) in [5.41, 5.74) is 2.49. The van der Waals surface area contributed by atoms with Crippen molar-refractivity contribution < 1.29 is 14.6 Å². The summed E-state index contributed by atoms with van der Waals surface area (Å²) in [6.45, 7) is 4.83. The molecule has 0 aliphatic heterocycles. The number of aromatic amines is 1. The first kappa shape index (κ1) is 18.1. The first-order valence-electron chi connectivity index (χ1n) is 8.32. The van der Waals surface area contributed by atoms with Gasteiger partial charge in [0, 0.05) is 0 Å². The number of nitrogens with one attached hydrogen (secondary N) is 1. The Balaban J connectivity index is 1.77. The number of rotatable bonds is 7. The second-order valence-corrected chi connectivity index (χ2v) is 7.28. The highest BCUT2D eigenvalue weighted by Gasteiger charge is 2.13. The number of para-hydroxylation sites is 2. The maximum Gasteiger partial charge on any atom is 0.342 e. The highest BCUT2D eigenvalue weighted by molar-refractivity contribution is 8.04. The van der Waals surface area contributed by atoms with Gasteiger partial charge >= 0.3 is 5.97 Å². The average Bonchev–Trinajstić information content (AvgIpc) is 3.02. The Morgan fingerprint density at radius 3 is 2.62 bits per heavy atom. The second-order valence-electron chi connectivity index (χ2n) is 6.25. The van der Waals surface area contributed by atoms with E-state index in [1.54, 1.807) is 6.08 Å². The molecule has 3 aromatic rings. The van der Waals surface area contributed by atoms with Crippen molar-refractivity contribution in [3.8, 4) is 5.75 Å². The molecule has 0 fully saturated rings. The lowest BCUT2D eigenvalue weighted by atomic mass is 10.2. The number of carbonyl (C=O) groups is 1. The Hall–Kier alpha value is -2.73. The van der Waals surface area contributed by atoms with Crippen molar-refractivity contribution in [2.45, 2.75) is 19.0 Å². The Kier molecular flexibility index (Phi) is 5.63. The number of hydrogen-bond donors (Lipinski definition) is 2. The minimum atomic E-state index is -0.990. The number of thioether (sulfide) groups is 1. The number of nitrogens with zero attached hydrogens (tertiary/aromatic N) is 1. The summed E-state index contributed by atoms with van der Waals surface area (Å²) in [5.74, 6) is 0.238. The van der Waals surface area contributed by atoms with Gasteiger partial charge in [0.25, 0.3) is 0 Å². The third-order valence-corrected chi connectivity index (χ3v) is 4.45. The first-order valence-corrected chi connectivity index (χ1v) is 9.13. The summed E-state index contributed by atoms with van der Waals surface area (Å²) in [7, 11) is 0. The molecular formula is C20H20N2O3S. The maximum atomic E-state index is 11.6. The molecule has 0 saturated heterocycles. The molecule has 0 radical (unpaired) electrons. The van der Waals surface area contributed by atoms with E-state index < -0.39 is 5.97 Å². The van der Waals surface area contributed by atoms with Crippen LogP contribution in [0.1, 0.15) is 19.4 Å². The van der Waals surface area contributed by atoms with Crippen LogP contribution in [0.4, 0.5) is 0 Å². The predicted molar refractivity (Wildman–Crippen MR) is 104 cm³/mol. The van der Waals surface area contributed by atoms with Gasteiger partial charge in [0.1, 0.15) is 10.7 Å². The molecule has 0 amide bonds. The Morgan fingerprint density at radius 1 is 1.23 bits per heavy atom. The summed E-state index contributed by atoms with van der Waals surface area (Å²) < 4.78 is 5.65. The van der Waals surface area contributed by atoms with Gasteiger partial charge < -0.3 is 14.8 Å². The van der Waals surface area contributed by atoms with E-state index in [2.05, 4.69) is 23.8 Å². The molecule has 0 aliphatic carbocycles. The number of imidazole rings is 1. The number of H-pyrrole nitrogens is 1. The van der Waals surface area contributed by atoms with Gasteiger partial charge in [-0.1, -0.05) is 38.1 Å². The van der Waals surface area contributed by atoms with Crippen molar-refractivity contribution in [3.63, 3.8) is 0 Å². The van der Waals surface area contributed by atoms with Crippen LogP contribution in [-0.4, -0.2) is 27.7 Å². The van der Waals surface area contributed by atoms with E-state index in [1.807, 2.05) is 48.5 Å². The number of fused-ring (bicyclic) bond motifs is 1. The van der Waals surface area contributed by atoms with Crippen molar-refractivity contribution in [3.05, 3.63) is 59.0 Å². The zero-order valence-corrected chi connectivity index (χ0v) is 15.4. The number of aromatic nitrogens is 2. The molecule has 5 nitrogen and oxygen atoms in total. The SMILES string of the molecule is CC(C)COc1ccc(/C=C(/Sc2nc3ccccc3[nH]2)C(=O)O)cc1. The van der Waals surface area contributed by atoms with Crippen molar-refractivity contribution in [2.75, 3.05) is 6.61 Å². The minimum absolute atomic E-state index is 0.194. The highest BCUT2D eigenvalue weighted by atomic mass is 32.2. The average molecular weight is 368 g/mol. The zero-order chi connectivity index (χ0) is 18.5. The third-order valence-electron chi connectivity index (χ3n) is 3.55. The summed E-state index contributed by atoms with van der Waals surface area (Å²) in [4.78, 5) is 19.4. The number of aliphatic carboxylic acids is 1. The van der Waals surface area contributed by atoms with Crippen LogP contribution >= 0.6 is 11.8 Å². The molecule has 0 saturated carbocycles. The van der Waals surface area contributed by atoms with Gasteiger partial charge in [-0.15, -0.1) is 0 Å². The molecule has 0 atom stereocenters. The van der Waals surface area contributed by atoms with Gasteiger partial charge in [0.15, 0.2) is 5.16 Å². The molecule has 2 aromatic carbocycles. The van der Waals surface area contributed by atoms with E-state index >= 15 is 0 Å². The van der Waals surface area contributed by atoms with Crippen LogP contribution in [0.25, 0.3) is 17.1 Å². The fraction of sp³-hybridized carbons (Fsp3) is 0.200. The lowest BCUT2D eigenvalue weighted by Gasteiger charge is -2.08. The van der Waals surface area contributed by atoms with Crippen LogP contribution in [0.5, 0.6) is 5.75 Å². The van der Waals surface area contributed by atoms with Gasteiger partial charge in [0.2, 0.25) is 0 Å². The number of carboxylic acid groups (broad SMARTS) is 1. The molecule has 0 bridgehead atoms. The van der Waals surface area contributed by atoms with Crippen molar-refractivity contribution in [2.24, 2.45) is 5.92 Å². The largest absolute Gasteiger partial charge is 0.493 e. The molecular weight excluding hydrogens is 348 g/mol. The number of ether oxygens (including phenoxy) is 1. The lowest BCUT2D eigenvalue weighted by Crippen LogP contribution is -2.04. The van der Waals surface area contributed by atoms with E-state index in [1.165, 1.54) is 0 Å². The van der Waals surface area contributed by atoms with E-state index in [0.29, 0.717) is 17.7 Å². The van der Waals surface area contributed by atoms with E-state index in [-0.39, 0.29) is 4.91 Å². The molecule has 134 valence electrons. The molecule has 1 heterocycles. The standard InChI is InChI=1S/C20H20N2O3S/c1-13(2)12-25-15-9-7-14(8-10-15)11-18(19(23)24)26-20-21-16-5-3-4-6-17(16)22-20/h3-11,13H,12H2,1-2H3,(H,21,22)(H,23,24)/b18-11+. The molecule has 1 aromatic heterocycles. The van der Waals surface area contributed by atoms with Crippen LogP contribution in [0.15, 0.2) is 58.6 Å². The molecule has 2 N–H and O–H groups in total.